The smallest absolute Gasteiger partial charge is 0.257 e. The summed E-state index contributed by atoms with van der Waals surface area (Å²) in [6, 6.07) is 4.69. The first-order valence-corrected chi connectivity index (χ1v) is 10.9. The number of anilines is 3. The van der Waals surface area contributed by atoms with E-state index in [2.05, 4.69) is 10.8 Å². The number of benzene rings is 1. The molecule has 0 spiro atoms. The van der Waals surface area contributed by atoms with Gasteiger partial charge >= 0.3 is 0 Å². The minimum absolute atomic E-state index is 0.109. The molecule has 168 valence electrons. The van der Waals surface area contributed by atoms with Crippen LogP contribution in [0.4, 0.5) is 17.1 Å². The van der Waals surface area contributed by atoms with Gasteiger partial charge in [-0.25, -0.2) is 0 Å². The van der Waals surface area contributed by atoms with Gasteiger partial charge in [0.1, 0.15) is 23.3 Å². The second-order valence-electron chi connectivity index (χ2n) is 9.01. The Bertz CT molecular complexity index is 1170. The molecule has 2 aromatic rings. The highest BCUT2D eigenvalue weighted by atomic mass is 16.7. The monoisotopic (exact) mass is 438 g/mol. The number of phenols is 1. The fraction of sp³-hybridized carbons (Fsp3) is 0.435. The summed E-state index contributed by atoms with van der Waals surface area (Å²) in [5, 5.41) is 13.6. The number of nitrogens with one attached hydrogen (secondary N) is 2. The predicted molar refractivity (Wildman–Crippen MR) is 120 cm³/mol. The lowest BCUT2D eigenvalue weighted by Crippen LogP contribution is -2.50. The number of hydrogen-bond donors (Lipinski definition) is 3. The predicted octanol–water partition coefficient (Wildman–Crippen LogP) is 1.80. The van der Waals surface area contributed by atoms with Crippen molar-refractivity contribution in [2.24, 2.45) is 11.8 Å². The molecule has 2 saturated carbocycles. The van der Waals surface area contributed by atoms with Gasteiger partial charge in [-0.3, -0.25) is 14.4 Å². The third kappa shape index (κ3) is 3.62. The first kappa shape index (κ1) is 20.6. The number of phenolic OH excluding ortho intramolecular Hbond substituents is 1. The zero-order chi connectivity index (χ0) is 22.6. The molecule has 1 heterocycles. The maximum atomic E-state index is 12.6. The molecule has 32 heavy (non-hydrogen) atoms. The molecule has 9 heteroatoms. The minimum Gasteiger partial charge on any atom is -0.505 e. The van der Waals surface area contributed by atoms with Gasteiger partial charge in [0, 0.05) is 26.6 Å². The first-order chi connectivity index (χ1) is 15.3. The molecule has 2 aromatic carbocycles. The molecule has 0 bridgehead atoms. The molecule has 5 rings (SSSR count). The highest BCUT2D eigenvalue weighted by Crippen LogP contribution is 2.41. The van der Waals surface area contributed by atoms with Crippen LogP contribution in [-0.2, 0) is 4.84 Å². The molecular formula is C23H26N4O5. The zero-order valence-corrected chi connectivity index (χ0v) is 18.1. The maximum Gasteiger partial charge on any atom is 0.257 e. The molecule has 1 aliphatic heterocycles. The van der Waals surface area contributed by atoms with E-state index >= 15 is 0 Å². The summed E-state index contributed by atoms with van der Waals surface area (Å²) in [6.45, 7) is 0.625. The van der Waals surface area contributed by atoms with E-state index in [-0.39, 0.29) is 40.4 Å². The Morgan fingerprint density at radius 3 is 2.59 bits per heavy atom. The van der Waals surface area contributed by atoms with Crippen LogP contribution in [0, 0.1) is 11.8 Å². The van der Waals surface area contributed by atoms with Gasteiger partial charge in [0.25, 0.3) is 16.8 Å². The van der Waals surface area contributed by atoms with Crippen molar-refractivity contribution in [2.75, 3.05) is 30.9 Å². The number of carbonyl (C=O) groups excluding carboxylic acids is 1. The number of rotatable bonds is 8. The van der Waals surface area contributed by atoms with Gasteiger partial charge in [-0.1, -0.05) is 6.07 Å². The van der Waals surface area contributed by atoms with Gasteiger partial charge in [0.2, 0.25) is 0 Å². The van der Waals surface area contributed by atoms with E-state index in [1.807, 2.05) is 11.0 Å². The van der Waals surface area contributed by atoms with Crippen LogP contribution in [0.5, 0.6) is 5.75 Å². The fourth-order valence-corrected chi connectivity index (χ4v) is 3.98. The molecule has 2 fully saturated rings. The molecule has 9 nitrogen and oxygen atoms in total. The lowest BCUT2D eigenvalue weighted by molar-refractivity contribution is 0.0824. The Morgan fingerprint density at radius 2 is 1.94 bits per heavy atom. The number of nitrogens with zero attached hydrogens (tertiary/aromatic N) is 2. The summed E-state index contributed by atoms with van der Waals surface area (Å²) in [7, 11) is 3.18. The third-order valence-electron chi connectivity index (χ3n) is 6.19. The van der Waals surface area contributed by atoms with Crippen molar-refractivity contribution in [3.8, 4) is 5.75 Å². The minimum atomic E-state index is -0.644. The molecule has 0 aromatic heterocycles. The van der Waals surface area contributed by atoms with Crippen LogP contribution < -0.4 is 26.6 Å². The van der Waals surface area contributed by atoms with E-state index in [0.29, 0.717) is 18.4 Å². The highest BCUT2D eigenvalue weighted by molar-refractivity contribution is 5.99. The number of aromatic hydroxyl groups is 1. The Hall–Kier alpha value is -3.33. The van der Waals surface area contributed by atoms with Crippen molar-refractivity contribution in [3.63, 3.8) is 0 Å². The van der Waals surface area contributed by atoms with E-state index in [0.717, 1.165) is 31.4 Å². The van der Waals surface area contributed by atoms with Gasteiger partial charge in [-0.2, -0.15) is 0 Å². The van der Waals surface area contributed by atoms with E-state index < -0.39 is 10.9 Å². The number of hydroxylamine groups is 1. The molecule has 0 saturated heterocycles. The summed E-state index contributed by atoms with van der Waals surface area (Å²) < 4.78 is 0. The van der Waals surface area contributed by atoms with Gasteiger partial charge in [0.05, 0.1) is 11.3 Å². The normalized spacial score (nSPS) is 20.1. The first-order valence-electron chi connectivity index (χ1n) is 10.9. The van der Waals surface area contributed by atoms with Crippen LogP contribution in [-0.4, -0.2) is 42.7 Å². The largest absolute Gasteiger partial charge is 0.505 e. The van der Waals surface area contributed by atoms with Crippen LogP contribution in [0.2, 0.25) is 0 Å². The van der Waals surface area contributed by atoms with Gasteiger partial charge < -0.3 is 25.1 Å². The van der Waals surface area contributed by atoms with E-state index in [4.69, 9.17) is 4.84 Å². The molecule has 3 N–H and O–H groups in total. The average molecular weight is 438 g/mol. The topological polar surface area (TPSA) is 111 Å². The molecule has 3 aliphatic rings. The van der Waals surface area contributed by atoms with Crippen LogP contribution in [0.25, 0.3) is 0 Å². The van der Waals surface area contributed by atoms with E-state index in [1.54, 1.807) is 26.2 Å². The molecule has 0 radical (unpaired) electrons. The summed E-state index contributed by atoms with van der Waals surface area (Å²) >= 11 is 0. The van der Waals surface area contributed by atoms with E-state index in [9.17, 15) is 19.5 Å². The molecule has 1 amide bonds. The number of allylic oxidation sites excluding steroid dienone is 1. The van der Waals surface area contributed by atoms with Crippen molar-refractivity contribution in [1.29, 1.82) is 0 Å². The molecular weight excluding hydrogens is 412 g/mol. The molecule has 2 aliphatic carbocycles. The van der Waals surface area contributed by atoms with E-state index in [1.165, 1.54) is 11.0 Å². The molecule has 1 atom stereocenters. The number of carbonyl (C=O) groups is 1. The number of amides is 1. The van der Waals surface area contributed by atoms with Crippen LogP contribution in [0.15, 0.2) is 39.6 Å². The van der Waals surface area contributed by atoms with Gasteiger partial charge in [-0.05, 0) is 49.8 Å². The van der Waals surface area contributed by atoms with Gasteiger partial charge in [-0.15, -0.1) is 5.48 Å². The SMILES string of the molecule is CN(C)C(=O)c1cccc(Nc2c(N(CC3CC3)[C@@H]3C=C(C4CC4)ON3)c(=O)c2=O)c1O. The van der Waals surface area contributed by atoms with Crippen molar-refractivity contribution in [3.05, 3.63) is 56.0 Å². The highest BCUT2D eigenvalue weighted by Gasteiger charge is 2.39. The summed E-state index contributed by atoms with van der Waals surface area (Å²) in [5.41, 5.74) is 2.48. The van der Waals surface area contributed by atoms with Crippen molar-refractivity contribution < 1.29 is 14.7 Å². The van der Waals surface area contributed by atoms with Crippen LogP contribution >= 0.6 is 0 Å². The Morgan fingerprint density at radius 1 is 1.19 bits per heavy atom. The molecule has 0 unspecified atom stereocenters. The average Bonchev–Trinajstić information content (AvgIpc) is 3.72. The Kier molecular flexibility index (Phi) is 4.93. The van der Waals surface area contributed by atoms with Crippen molar-refractivity contribution in [2.45, 2.75) is 31.8 Å². The summed E-state index contributed by atoms with van der Waals surface area (Å²) in [6.07, 6.45) is 5.99. The zero-order valence-electron chi connectivity index (χ0n) is 18.1. The fourth-order valence-electron chi connectivity index (χ4n) is 3.98. The Balaban J connectivity index is 1.46. The van der Waals surface area contributed by atoms with Crippen LogP contribution in [0.3, 0.4) is 0 Å². The second-order valence-corrected chi connectivity index (χ2v) is 9.01. The number of para-hydroxylation sites is 1. The third-order valence-corrected chi connectivity index (χ3v) is 6.19. The standard InChI is InChI=1S/C23H26N4O5/c1-26(2)23(31)14-4-3-5-15(20(14)28)24-18-19(22(30)21(18)29)27(11-12-6-7-12)17-10-16(32-25-17)13-8-9-13/h3-5,10,12-13,17,24-25,28H,6-9,11H2,1-2H3/t17-/m1/s1. The maximum absolute atomic E-state index is 12.6. The van der Waals surface area contributed by atoms with Crippen LogP contribution in [0.1, 0.15) is 36.0 Å². The number of hydrogen-bond acceptors (Lipinski definition) is 8. The second kappa shape index (κ2) is 7.67. The van der Waals surface area contributed by atoms with Gasteiger partial charge in [0.15, 0.2) is 5.75 Å². The van der Waals surface area contributed by atoms with Crippen molar-refractivity contribution >= 4 is 23.0 Å². The summed E-state index contributed by atoms with van der Waals surface area (Å²) in [5.74, 6) is 1.14. The Labute approximate surface area is 184 Å². The summed E-state index contributed by atoms with van der Waals surface area (Å²) in [4.78, 5) is 46.3. The quantitative estimate of drug-likeness (QED) is 0.423. The van der Waals surface area contributed by atoms with Crippen molar-refractivity contribution in [1.82, 2.24) is 10.4 Å². The lowest BCUT2D eigenvalue weighted by Gasteiger charge is -2.31. The lowest BCUT2D eigenvalue weighted by atomic mass is 10.1.